The molecule has 4 saturated carbocycles. The third-order valence-corrected chi connectivity index (χ3v) is 7.98. The van der Waals surface area contributed by atoms with Gasteiger partial charge in [0.1, 0.15) is 0 Å². The molecule has 4 aliphatic rings. The van der Waals surface area contributed by atoms with Gasteiger partial charge in [-0.15, -0.1) is 0 Å². The van der Waals surface area contributed by atoms with Crippen molar-refractivity contribution in [2.75, 3.05) is 26.4 Å². The molecule has 0 aliphatic heterocycles. The van der Waals surface area contributed by atoms with Crippen LogP contribution in [0.15, 0.2) is 0 Å². The molecule has 1 unspecified atom stereocenters. The van der Waals surface area contributed by atoms with Crippen LogP contribution in [0.2, 0.25) is 0 Å². The lowest BCUT2D eigenvalue weighted by molar-refractivity contribution is -0.165. The van der Waals surface area contributed by atoms with Crippen LogP contribution in [0.5, 0.6) is 0 Å². The molecule has 4 aliphatic carbocycles. The average Bonchev–Trinajstić information content (AvgIpc) is 2.71. The highest BCUT2D eigenvalue weighted by molar-refractivity contribution is 5.82. The lowest BCUT2D eigenvalue weighted by Crippen LogP contribution is -2.48. The van der Waals surface area contributed by atoms with E-state index in [1.54, 1.807) is 13.8 Å². The van der Waals surface area contributed by atoms with Crippen molar-refractivity contribution in [2.45, 2.75) is 91.1 Å². The summed E-state index contributed by atoms with van der Waals surface area (Å²) < 4.78 is 16.5. The van der Waals surface area contributed by atoms with E-state index in [-0.39, 0.29) is 13.2 Å². The minimum absolute atomic E-state index is 0.221. The van der Waals surface area contributed by atoms with Crippen molar-refractivity contribution >= 4 is 11.9 Å². The summed E-state index contributed by atoms with van der Waals surface area (Å²) in [5, 5.41) is 10.2. The molecule has 4 bridgehead atoms. The highest BCUT2D eigenvalue weighted by Crippen LogP contribution is 2.60. The summed E-state index contributed by atoms with van der Waals surface area (Å²) in [6.45, 7) is 7.14. The standard InChI is InChI=1S/C26H44O6/c1-4-31-24(28)22(23(18(3)27)25(29)32-5-2)9-7-6-8-10-30-17-26-14-19-11-20(15-26)13-21(12-19)16-26/h18-23,27H,4-17H2,1-3H3/t18?,19?,20?,21?,22-,23+,26?/m1/s1. The van der Waals surface area contributed by atoms with Gasteiger partial charge in [0.15, 0.2) is 0 Å². The largest absolute Gasteiger partial charge is 0.466 e. The van der Waals surface area contributed by atoms with Gasteiger partial charge in [-0.3, -0.25) is 9.59 Å². The molecule has 0 spiro atoms. The maximum absolute atomic E-state index is 12.5. The second kappa shape index (κ2) is 11.8. The second-order valence-electron chi connectivity index (χ2n) is 10.7. The zero-order valence-electron chi connectivity index (χ0n) is 20.4. The summed E-state index contributed by atoms with van der Waals surface area (Å²) >= 11 is 0. The summed E-state index contributed by atoms with van der Waals surface area (Å²) in [6.07, 6.45) is 10.7. The molecule has 0 aromatic carbocycles. The van der Waals surface area contributed by atoms with Crippen molar-refractivity contribution in [3.05, 3.63) is 0 Å². The molecule has 0 amide bonds. The zero-order valence-corrected chi connectivity index (χ0v) is 20.4. The van der Waals surface area contributed by atoms with Crippen molar-refractivity contribution < 1.29 is 28.9 Å². The van der Waals surface area contributed by atoms with E-state index in [9.17, 15) is 14.7 Å². The van der Waals surface area contributed by atoms with E-state index in [1.807, 2.05) is 0 Å². The van der Waals surface area contributed by atoms with Crippen LogP contribution < -0.4 is 0 Å². The quantitative estimate of drug-likeness (QED) is 0.308. The summed E-state index contributed by atoms with van der Waals surface area (Å²) in [5.74, 6) is 0.329. The molecule has 1 N–H and O–H groups in total. The first-order valence-corrected chi connectivity index (χ1v) is 13.0. The number of aliphatic hydroxyl groups excluding tert-OH is 1. The van der Waals surface area contributed by atoms with E-state index in [0.29, 0.717) is 11.8 Å². The van der Waals surface area contributed by atoms with Crippen LogP contribution in [0.25, 0.3) is 0 Å². The SMILES string of the molecule is CCOC(=O)[C@H](CCCCCOCC12CC3CC(CC(C3)C1)C2)[C@@H](C(=O)OCC)C(C)O. The molecule has 6 nitrogen and oxygen atoms in total. The Morgan fingerprint density at radius 3 is 2.00 bits per heavy atom. The van der Waals surface area contributed by atoms with Gasteiger partial charge < -0.3 is 19.3 Å². The summed E-state index contributed by atoms with van der Waals surface area (Å²) in [6, 6.07) is 0. The number of unbranched alkanes of at least 4 members (excludes halogenated alkanes) is 2. The number of carbonyl (C=O) groups is 2. The highest BCUT2D eigenvalue weighted by atomic mass is 16.5. The lowest BCUT2D eigenvalue weighted by atomic mass is 9.50. The number of hydrogen-bond donors (Lipinski definition) is 1. The van der Waals surface area contributed by atoms with Gasteiger partial charge in [-0.25, -0.2) is 0 Å². The van der Waals surface area contributed by atoms with E-state index in [0.717, 1.165) is 50.2 Å². The highest BCUT2D eigenvalue weighted by Gasteiger charge is 2.50. The van der Waals surface area contributed by atoms with Crippen LogP contribution in [-0.4, -0.2) is 49.6 Å². The van der Waals surface area contributed by atoms with Gasteiger partial charge in [-0.1, -0.05) is 12.8 Å². The van der Waals surface area contributed by atoms with Gasteiger partial charge >= 0.3 is 11.9 Å². The Kier molecular flexibility index (Phi) is 9.42. The van der Waals surface area contributed by atoms with Gasteiger partial charge in [0, 0.05) is 6.61 Å². The number of aliphatic hydroxyl groups is 1. The fourth-order valence-electron chi connectivity index (χ4n) is 7.13. The second-order valence-corrected chi connectivity index (χ2v) is 10.7. The van der Waals surface area contributed by atoms with E-state index < -0.39 is 29.9 Å². The Labute approximate surface area is 193 Å². The molecular formula is C26H44O6. The summed E-state index contributed by atoms with van der Waals surface area (Å²) in [5.41, 5.74) is 0.452. The van der Waals surface area contributed by atoms with E-state index in [2.05, 4.69) is 0 Å². The number of hydrogen-bond acceptors (Lipinski definition) is 6. The maximum Gasteiger partial charge on any atom is 0.312 e. The summed E-state index contributed by atoms with van der Waals surface area (Å²) in [4.78, 5) is 24.9. The van der Waals surface area contributed by atoms with E-state index in [1.165, 1.54) is 45.4 Å². The molecule has 184 valence electrons. The molecule has 4 rings (SSSR count). The van der Waals surface area contributed by atoms with Crippen LogP contribution >= 0.6 is 0 Å². The third-order valence-electron chi connectivity index (χ3n) is 7.98. The van der Waals surface area contributed by atoms with Gasteiger partial charge in [-0.05, 0) is 95.3 Å². The van der Waals surface area contributed by atoms with Crippen molar-refractivity contribution in [2.24, 2.45) is 35.0 Å². The third kappa shape index (κ3) is 6.47. The minimum Gasteiger partial charge on any atom is -0.466 e. The van der Waals surface area contributed by atoms with Crippen molar-refractivity contribution in [1.82, 2.24) is 0 Å². The number of rotatable bonds is 14. The van der Waals surface area contributed by atoms with Crippen LogP contribution in [0, 0.1) is 35.0 Å². The first-order chi connectivity index (χ1) is 15.4. The topological polar surface area (TPSA) is 82.1 Å². The molecule has 0 heterocycles. The fraction of sp³-hybridized carbons (Fsp3) is 0.923. The van der Waals surface area contributed by atoms with Gasteiger partial charge in [0.25, 0.3) is 0 Å². The lowest BCUT2D eigenvalue weighted by Gasteiger charge is -2.56. The number of carbonyl (C=O) groups excluding carboxylic acids is 2. The summed E-state index contributed by atoms with van der Waals surface area (Å²) in [7, 11) is 0. The Morgan fingerprint density at radius 1 is 0.906 bits per heavy atom. The Hall–Kier alpha value is -1.14. The van der Waals surface area contributed by atoms with Crippen molar-refractivity contribution in [3.63, 3.8) is 0 Å². The van der Waals surface area contributed by atoms with Crippen LogP contribution in [0.1, 0.15) is 85.0 Å². The Bertz CT molecular complexity index is 580. The number of esters is 2. The molecule has 4 fully saturated rings. The fourth-order valence-corrected chi connectivity index (χ4v) is 7.13. The Balaban J connectivity index is 1.39. The molecule has 3 atom stereocenters. The minimum atomic E-state index is -0.966. The smallest absolute Gasteiger partial charge is 0.312 e. The molecule has 0 aromatic rings. The van der Waals surface area contributed by atoms with Crippen LogP contribution in [-0.2, 0) is 23.8 Å². The Morgan fingerprint density at radius 2 is 1.47 bits per heavy atom. The molecule has 0 aromatic heterocycles. The maximum atomic E-state index is 12.5. The first kappa shape index (κ1) is 25.5. The zero-order chi connectivity index (χ0) is 23.1. The molecule has 6 heteroatoms. The van der Waals surface area contributed by atoms with E-state index >= 15 is 0 Å². The first-order valence-electron chi connectivity index (χ1n) is 13.0. The van der Waals surface area contributed by atoms with Crippen molar-refractivity contribution in [1.29, 1.82) is 0 Å². The predicted octanol–water partition coefficient (Wildman–Crippen LogP) is 4.52. The average molecular weight is 453 g/mol. The molecule has 32 heavy (non-hydrogen) atoms. The van der Waals surface area contributed by atoms with Gasteiger partial charge in [0.05, 0.1) is 37.8 Å². The molecule has 0 radical (unpaired) electrons. The molecular weight excluding hydrogens is 408 g/mol. The molecule has 0 saturated heterocycles. The van der Waals surface area contributed by atoms with Gasteiger partial charge in [0.2, 0.25) is 0 Å². The predicted molar refractivity (Wildman–Crippen MR) is 122 cm³/mol. The monoisotopic (exact) mass is 452 g/mol. The van der Waals surface area contributed by atoms with Crippen molar-refractivity contribution in [3.8, 4) is 0 Å². The van der Waals surface area contributed by atoms with Gasteiger partial charge in [-0.2, -0.15) is 0 Å². The normalized spacial score (nSPS) is 31.2. The van der Waals surface area contributed by atoms with Crippen LogP contribution in [0.3, 0.4) is 0 Å². The van der Waals surface area contributed by atoms with Crippen LogP contribution in [0.4, 0.5) is 0 Å². The number of ether oxygens (including phenoxy) is 3. The van der Waals surface area contributed by atoms with E-state index in [4.69, 9.17) is 14.2 Å².